The largest absolute Gasteiger partial charge is 0.495 e. The molecule has 1 amide bonds. The number of rotatable bonds is 4. The number of amides is 1. The highest BCUT2D eigenvalue weighted by Gasteiger charge is 2.37. The Morgan fingerprint density at radius 1 is 1.19 bits per heavy atom. The van der Waals surface area contributed by atoms with Crippen LogP contribution in [0.5, 0.6) is 5.75 Å². The lowest BCUT2D eigenvalue weighted by molar-refractivity contribution is -0.138. The lowest BCUT2D eigenvalue weighted by atomic mass is 9.94. The third kappa shape index (κ3) is 4.27. The second kappa shape index (κ2) is 8.14. The molecule has 0 spiro atoms. The number of piperidine rings is 2. The minimum absolute atomic E-state index is 0.0352. The highest BCUT2D eigenvalue weighted by molar-refractivity contribution is 7.89. The first-order valence-corrected chi connectivity index (χ1v) is 10.9. The van der Waals surface area contributed by atoms with Crippen molar-refractivity contribution in [3.63, 3.8) is 0 Å². The van der Waals surface area contributed by atoms with Crippen molar-refractivity contribution in [3.8, 4) is 5.75 Å². The number of methoxy groups -OCH3 is 1. The summed E-state index contributed by atoms with van der Waals surface area (Å²) in [6.45, 7) is 4.11. The van der Waals surface area contributed by atoms with Gasteiger partial charge < -0.3 is 9.64 Å². The summed E-state index contributed by atoms with van der Waals surface area (Å²) >= 11 is 0. The number of carbonyl (C=O) groups is 1. The van der Waals surface area contributed by atoms with E-state index in [1.54, 1.807) is 0 Å². The van der Waals surface area contributed by atoms with Crippen LogP contribution in [-0.4, -0.2) is 56.8 Å². The molecule has 1 atom stereocenters. The summed E-state index contributed by atoms with van der Waals surface area (Å²) in [5.74, 6) is -0.219. The second-order valence-corrected chi connectivity index (χ2v) is 9.41. The van der Waals surface area contributed by atoms with Crippen LogP contribution < -0.4 is 4.74 Å². The fourth-order valence-electron chi connectivity index (χ4n) is 3.84. The summed E-state index contributed by atoms with van der Waals surface area (Å²) in [5.41, 5.74) is 0. The normalized spacial score (nSPS) is 22.6. The molecule has 0 bridgehead atoms. The molecule has 0 aliphatic carbocycles. The quantitative estimate of drug-likeness (QED) is 0.782. The number of hydrogen-bond donors (Lipinski definition) is 0. The lowest BCUT2D eigenvalue weighted by Crippen LogP contribution is -2.48. The molecular weight excluding hydrogens is 371 g/mol. The van der Waals surface area contributed by atoms with Gasteiger partial charge in [-0.1, -0.05) is 6.92 Å². The Labute approximate surface area is 160 Å². The molecule has 0 unspecified atom stereocenters. The Morgan fingerprint density at radius 3 is 2.56 bits per heavy atom. The number of carbonyl (C=O) groups excluding carboxylic acids is 1. The predicted octanol–water partition coefficient (Wildman–Crippen LogP) is 2.49. The summed E-state index contributed by atoms with van der Waals surface area (Å²) in [4.78, 5) is 14.5. The monoisotopic (exact) mass is 398 g/mol. The van der Waals surface area contributed by atoms with Crippen LogP contribution in [0.4, 0.5) is 4.39 Å². The van der Waals surface area contributed by atoms with Gasteiger partial charge in [0.25, 0.3) is 0 Å². The molecule has 1 aromatic carbocycles. The average molecular weight is 399 g/mol. The Morgan fingerprint density at radius 2 is 1.89 bits per heavy atom. The van der Waals surface area contributed by atoms with Crippen LogP contribution >= 0.6 is 0 Å². The maximum atomic E-state index is 13.7. The van der Waals surface area contributed by atoms with E-state index in [0.717, 1.165) is 38.1 Å². The number of hydrogen-bond acceptors (Lipinski definition) is 4. The SMILES string of the molecule is COc1ccc(F)cc1S(=O)(=O)N1CCC[C@H](C(=O)N2CCC(C)CC2)C1. The molecule has 2 aliphatic rings. The molecule has 0 saturated carbocycles. The molecule has 2 aliphatic heterocycles. The van der Waals surface area contributed by atoms with Gasteiger partial charge in [-0.3, -0.25) is 4.79 Å². The van der Waals surface area contributed by atoms with Gasteiger partial charge in [-0.2, -0.15) is 4.31 Å². The molecule has 2 saturated heterocycles. The van der Waals surface area contributed by atoms with E-state index in [4.69, 9.17) is 4.74 Å². The number of nitrogens with zero attached hydrogens (tertiary/aromatic N) is 2. The molecule has 27 heavy (non-hydrogen) atoms. The van der Waals surface area contributed by atoms with E-state index >= 15 is 0 Å². The van der Waals surface area contributed by atoms with Crippen LogP contribution in [0, 0.1) is 17.7 Å². The van der Waals surface area contributed by atoms with Crippen LogP contribution in [0.25, 0.3) is 0 Å². The lowest BCUT2D eigenvalue weighted by Gasteiger charge is -2.37. The van der Waals surface area contributed by atoms with Crippen molar-refractivity contribution in [2.45, 2.75) is 37.5 Å². The second-order valence-electron chi connectivity index (χ2n) is 7.51. The van der Waals surface area contributed by atoms with E-state index in [0.29, 0.717) is 25.3 Å². The number of benzene rings is 1. The molecular formula is C19H27FN2O4S. The van der Waals surface area contributed by atoms with Crippen molar-refractivity contribution in [1.82, 2.24) is 9.21 Å². The maximum absolute atomic E-state index is 13.7. The third-order valence-electron chi connectivity index (χ3n) is 5.57. The van der Waals surface area contributed by atoms with Gasteiger partial charge in [0.15, 0.2) is 0 Å². The summed E-state index contributed by atoms with van der Waals surface area (Å²) in [6, 6.07) is 3.45. The Kier molecular flexibility index (Phi) is 6.05. The van der Waals surface area contributed by atoms with Crippen LogP contribution in [0.15, 0.2) is 23.1 Å². The van der Waals surface area contributed by atoms with Gasteiger partial charge in [0.2, 0.25) is 15.9 Å². The summed E-state index contributed by atoms with van der Waals surface area (Å²) in [7, 11) is -2.58. The van der Waals surface area contributed by atoms with Gasteiger partial charge in [-0.15, -0.1) is 0 Å². The minimum Gasteiger partial charge on any atom is -0.495 e. The van der Waals surface area contributed by atoms with E-state index in [2.05, 4.69) is 6.92 Å². The highest BCUT2D eigenvalue weighted by Crippen LogP contribution is 2.31. The van der Waals surface area contributed by atoms with E-state index in [1.165, 1.54) is 17.5 Å². The standard InChI is InChI=1S/C19H27FN2O4S/c1-14-7-10-21(11-8-14)19(23)15-4-3-9-22(13-15)27(24,25)18-12-16(20)5-6-17(18)26-2/h5-6,12,14-15H,3-4,7-11,13H2,1-2H3/t15-/m0/s1. The number of sulfonamides is 1. The molecule has 6 nitrogen and oxygen atoms in total. The van der Waals surface area contributed by atoms with E-state index in [9.17, 15) is 17.6 Å². The van der Waals surface area contributed by atoms with Crippen molar-refractivity contribution in [3.05, 3.63) is 24.0 Å². The first-order chi connectivity index (χ1) is 12.8. The summed E-state index contributed by atoms with van der Waals surface area (Å²) in [5, 5.41) is 0. The van der Waals surface area contributed by atoms with Crippen molar-refractivity contribution in [2.24, 2.45) is 11.8 Å². The highest BCUT2D eigenvalue weighted by atomic mass is 32.2. The number of likely N-dealkylation sites (tertiary alicyclic amines) is 1. The maximum Gasteiger partial charge on any atom is 0.246 e. The molecule has 0 N–H and O–H groups in total. The fraction of sp³-hybridized carbons (Fsp3) is 0.632. The topological polar surface area (TPSA) is 66.9 Å². The van der Waals surface area contributed by atoms with Crippen molar-refractivity contribution < 1.29 is 22.3 Å². The number of halogens is 1. The fourth-order valence-corrected chi connectivity index (χ4v) is 5.53. The van der Waals surface area contributed by atoms with E-state index < -0.39 is 15.8 Å². The van der Waals surface area contributed by atoms with Crippen molar-refractivity contribution in [2.75, 3.05) is 33.3 Å². The minimum atomic E-state index is -3.94. The van der Waals surface area contributed by atoms with Gasteiger partial charge in [-0.25, -0.2) is 12.8 Å². The van der Waals surface area contributed by atoms with Crippen LogP contribution in [0.2, 0.25) is 0 Å². The van der Waals surface area contributed by atoms with Crippen LogP contribution in [0.1, 0.15) is 32.6 Å². The zero-order chi connectivity index (χ0) is 19.6. The van der Waals surface area contributed by atoms with Crippen molar-refractivity contribution in [1.29, 1.82) is 0 Å². The van der Waals surface area contributed by atoms with Crippen LogP contribution in [-0.2, 0) is 14.8 Å². The molecule has 8 heteroatoms. The molecule has 3 rings (SSSR count). The van der Waals surface area contributed by atoms with E-state index in [1.807, 2.05) is 4.90 Å². The van der Waals surface area contributed by atoms with Crippen molar-refractivity contribution >= 4 is 15.9 Å². The van der Waals surface area contributed by atoms with Gasteiger partial charge in [0.1, 0.15) is 16.5 Å². The van der Waals surface area contributed by atoms with Gasteiger partial charge in [0.05, 0.1) is 13.0 Å². The summed E-state index contributed by atoms with van der Waals surface area (Å²) in [6.07, 6.45) is 3.26. The average Bonchev–Trinajstić information content (AvgIpc) is 2.68. The molecule has 0 radical (unpaired) electrons. The van der Waals surface area contributed by atoms with Gasteiger partial charge >= 0.3 is 0 Å². The Balaban J connectivity index is 1.77. The molecule has 0 aromatic heterocycles. The zero-order valence-electron chi connectivity index (χ0n) is 15.9. The molecule has 150 valence electrons. The Hall–Kier alpha value is -1.67. The first-order valence-electron chi connectivity index (χ1n) is 9.45. The predicted molar refractivity (Wildman–Crippen MR) is 99.4 cm³/mol. The first kappa shape index (κ1) is 20.1. The molecule has 2 fully saturated rings. The van der Waals surface area contributed by atoms with Gasteiger partial charge in [-0.05, 0) is 49.8 Å². The Bertz CT molecular complexity index is 791. The van der Waals surface area contributed by atoms with Gasteiger partial charge in [0, 0.05) is 26.2 Å². The molecule has 2 heterocycles. The zero-order valence-corrected chi connectivity index (χ0v) is 16.7. The van der Waals surface area contributed by atoms with Crippen LogP contribution in [0.3, 0.4) is 0 Å². The summed E-state index contributed by atoms with van der Waals surface area (Å²) < 4.78 is 46.2. The molecule has 1 aromatic rings. The third-order valence-corrected chi connectivity index (χ3v) is 7.46. The number of ether oxygens (including phenoxy) is 1. The van der Waals surface area contributed by atoms with E-state index in [-0.39, 0.29) is 29.0 Å². The smallest absolute Gasteiger partial charge is 0.246 e.